The standard InChI is InChI=1S/C21H37N3O3/c25-19(23-13-4-5-14-23)9-12-22-17-21(27)11-6-15-24(20(21)26)16-10-18-7-2-1-3-8-18/h18,22,27H,1-17H2. The smallest absolute Gasteiger partial charge is 0.255 e. The van der Waals surface area contributed by atoms with Gasteiger partial charge in [-0.1, -0.05) is 32.1 Å². The summed E-state index contributed by atoms with van der Waals surface area (Å²) in [7, 11) is 0. The minimum absolute atomic E-state index is 0.122. The summed E-state index contributed by atoms with van der Waals surface area (Å²) >= 11 is 0. The van der Waals surface area contributed by atoms with Gasteiger partial charge in [-0.3, -0.25) is 9.59 Å². The van der Waals surface area contributed by atoms with Crippen LogP contribution in [0, 0.1) is 5.92 Å². The highest BCUT2D eigenvalue weighted by molar-refractivity contribution is 5.86. The van der Waals surface area contributed by atoms with Crippen LogP contribution in [-0.4, -0.2) is 71.6 Å². The first kappa shape index (κ1) is 20.6. The van der Waals surface area contributed by atoms with Gasteiger partial charge in [0.1, 0.15) is 0 Å². The fraction of sp³-hybridized carbons (Fsp3) is 0.905. The first-order valence-electron chi connectivity index (χ1n) is 11.1. The van der Waals surface area contributed by atoms with Gasteiger partial charge in [-0.15, -0.1) is 0 Å². The molecule has 0 aromatic rings. The van der Waals surface area contributed by atoms with Crippen molar-refractivity contribution in [3.05, 3.63) is 0 Å². The van der Waals surface area contributed by atoms with Gasteiger partial charge in [-0.25, -0.2) is 0 Å². The van der Waals surface area contributed by atoms with E-state index in [4.69, 9.17) is 0 Å². The van der Waals surface area contributed by atoms with Crippen LogP contribution in [0.2, 0.25) is 0 Å². The number of rotatable bonds is 8. The van der Waals surface area contributed by atoms with Crippen LogP contribution in [0.1, 0.15) is 70.6 Å². The van der Waals surface area contributed by atoms with Crippen LogP contribution in [0.25, 0.3) is 0 Å². The Morgan fingerprint density at radius 2 is 1.81 bits per heavy atom. The van der Waals surface area contributed by atoms with Crippen LogP contribution in [0.15, 0.2) is 0 Å². The number of aliphatic hydroxyl groups is 1. The number of carbonyl (C=O) groups is 2. The molecule has 3 rings (SSSR count). The van der Waals surface area contributed by atoms with Gasteiger partial charge in [-0.05, 0) is 38.0 Å². The minimum atomic E-state index is -1.30. The molecule has 2 heterocycles. The monoisotopic (exact) mass is 379 g/mol. The predicted octanol–water partition coefficient (Wildman–Crippen LogP) is 1.91. The van der Waals surface area contributed by atoms with E-state index in [0.717, 1.165) is 57.8 Å². The zero-order valence-corrected chi connectivity index (χ0v) is 16.8. The Hall–Kier alpha value is -1.14. The second-order valence-corrected chi connectivity index (χ2v) is 8.73. The van der Waals surface area contributed by atoms with Gasteiger partial charge in [0.05, 0.1) is 0 Å². The molecule has 2 N–H and O–H groups in total. The Bertz CT molecular complexity index is 501. The Morgan fingerprint density at radius 3 is 2.56 bits per heavy atom. The third-order valence-electron chi connectivity index (χ3n) is 6.63. The largest absolute Gasteiger partial charge is 0.379 e. The zero-order chi connectivity index (χ0) is 19.1. The molecule has 0 spiro atoms. The molecule has 1 unspecified atom stereocenters. The number of amides is 2. The van der Waals surface area contributed by atoms with E-state index >= 15 is 0 Å². The van der Waals surface area contributed by atoms with Crippen LogP contribution in [-0.2, 0) is 9.59 Å². The molecule has 0 bridgehead atoms. The van der Waals surface area contributed by atoms with Gasteiger partial charge in [0.2, 0.25) is 5.91 Å². The number of nitrogens with one attached hydrogen (secondary N) is 1. The summed E-state index contributed by atoms with van der Waals surface area (Å²) in [4.78, 5) is 28.7. The molecule has 2 aliphatic heterocycles. The normalized spacial score (nSPS) is 27.4. The molecular formula is C21H37N3O3. The number of hydrogen-bond donors (Lipinski definition) is 2. The Kier molecular flexibility index (Phi) is 7.53. The van der Waals surface area contributed by atoms with E-state index in [2.05, 4.69) is 5.32 Å². The Morgan fingerprint density at radius 1 is 1.07 bits per heavy atom. The quantitative estimate of drug-likeness (QED) is 0.632. The number of likely N-dealkylation sites (tertiary alicyclic amines) is 2. The molecule has 6 heteroatoms. The summed E-state index contributed by atoms with van der Waals surface area (Å²) in [5.74, 6) is 0.801. The van der Waals surface area contributed by atoms with Gasteiger partial charge >= 0.3 is 0 Å². The van der Waals surface area contributed by atoms with Gasteiger partial charge in [0.25, 0.3) is 5.91 Å². The van der Waals surface area contributed by atoms with Crippen molar-refractivity contribution in [3.8, 4) is 0 Å². The molecule has 1 aliphatic carbocycles. The van der Waals surface area contributed by atoms with E-state index in [1.807, 2.05) is 9.80 Å². The minimum Gasteiger partial charge on any atom is -0.379 e. The zero-order valence-electron chi connectivity index (χ0n) is 16.8. The lowest BCUT2D eigenvalue weighted by molar-refractivity contribution is -0.156. The summed E-state index contributed by atoms with van der Waals surface area (Å²) in [6.07, 6.45) is 11.7. The van der Waals surface area contributed by atoms with Crippen LogP contribution in [0.3, 0.4) is 0 Å². The third kappa shape index (κ3) is 5.67. The summed E-state index contributed by atoms with van der Waals surface area (Å²) < 4.78 is 0. The maximum atomic E-state index is 12.8. The van der Waals surface area contributed by atoms with Crippen molar-refractivity contribution < 1.29 is 14.7 Å². The van der Waals surface area contributed by atoms with E-state index in [1.54, 1.807) is 0 Å². The van der Waals surface area contributed by atoms with Gasteiger partial charge in [0, 0.05) is 45.7 Å². The average Bonchev–Trinajstić information content (AvgIpc) is 3.22. The molecule has 154 valence electrons. The highest BCUT2D eigenvalue weighted by Gasteiger charge is 2.41. The van der Waals surface area contributed by atoms with Crippen LogP contribution >= 0.6 is 0 Å². The fourth-order valence-electron chi connectivity index (χ4n) is 4.87. The van der Waals surface area contributed by atoms with Crippen molar-refractivity contribution in [2.24, 2.45) is 5.92 Å². The third-order valence-corrected chi connectivity index (χ3v) is 6.63. The Balaban J connectivity index is 1.39. The molecule has 1 saturated carbocycles. The van der Waals surface area contributed by atoms with E-state index in [9.17, 15) is 14.7 Å². The summed E-state index contributed by atoms with van der Waals surface area (Å²) in [6, 6.07) is 0. The second kappa shape index (κ2) is 9.87. The molecule has 2 amide bonds. The lowest BCUT2D eigenvalue weighted by Crippen LogP contribution is -2.58. The van der Waals surface area contributed by atoms with E-state index in [1.165, 1.54) is 32.1 Å². The van der Waals surface area contributed by atoms with Crippen molar-refractivity contribution in [3.63, 3.8) is 0 Å². The topological polar surface area (TPSA) is 72.9 Å². The van der Waals surface area contributed by atoms with Gasteiger partial charge < -0.3 is 20.2 Å². The molecule has 0 radical (unpaired) electrons. The molecule has 6 nitrogen and oxygen atoms in total. The molecule has 3 fully saturated rings. The summed E-state index contributed by atoms with van der Waals surface area (Å²) in [6.45, 7) is 4.06. The summed E-state index contributed by atoms with van der Waals surface area (Å²) in [5.41, 5.74) is -1.30. The number of carbonyl (C=O) groups excluding carboxylic acids is 2. The lowest BCUT2D eigenvalue weighted by Gasteiger charge is -2.39. The molecule has 0 aromatic heterocycles. The van der Waals surface area contributed by atoms with Crippen LogP contribution in [0.5, 0.6) is 0 Å². The fourth-order valence-corrected chi connectivity index (χ4v) is 4.87. The SMILES string of the molecule is O=C(CCNCC1(O)CCCN(CCC2CCCCC2)C1=O)N1CCCC1. The number of nitrogens with zero attached hydrogens (tertiary/aromatic N) is 2. The van der Waals surface area contributed by atoms with E-state index in [0.29, 0.717) is 19.4 Å². The van der Waals surface area contributed by atoms with Gasteiger partial charge in [0.15, 0.2) is 5.60 Å². The first-order chi connectivity index (χ1) is 13.1. The highest BCUT2D eigenvalue weighted by atomic mass is 16.3. The molecule has 2 saturated heterocycles. The van der Waals surface area contributed by atoms with E-state index in [-0.39, 0.29) is 18.4 Å². The molecular weight excluding hydrogens is 342 g/mol. The molecule has 3 aliphatic rings. The molecule has 27 heavy (non-hydrogen) atoms. The van der Waals surface area contributed by atoms with Crippen LogP contribution < -0.4 is 5.32 Å². The van der Waals surface area contributed by atoms with Crippen molar-refractivity contribution in [1.29, 1.82) is 0 Å². The van der Waals surface area contributed by atoms with Crippen molar-refractivity contribution in [2.45, 2.75) is 76.2 Å². The van der Waals surface area contributed by atoms with Crippen LogP contribution in [0.4, 0.5) is 0 Å². The van der Waals surface area contributed by atoms with Crippen molar-refractivity contribution >= 4 is 11.8 Å². The molecule has 0 aromatic carbocycles. The van der Waals surface area contributed by atoms with E-state index < -0.39 is 5.60 Å². The van der Waals surface area contributed by atoms with Gasteiger partial charge in [-0.2, -0.15) is 0 Å². The maximum Gasteiger partial charge on any atom is 0.255 e. The summed E-state index contributed by atoms with van der Waals surface area (Å²) in [5, 5.41) is 14.0. The maximum absolute atomic E-state index is 12.8. The highest BCUT2D eigenvalue weighted by Crippen LogP contribution is 2.28. The number of piperidine rings is 1. The number of hydrogen-bond acceptors (Lipinski definition) is 4. The second-order valence-electron chi connectivity index (χ2n) is 8.73. The first-order valence-corrected chi connectivity index (χ1v) is 11.1. The predicted molar refractivity (Wildman–Crippen MR) is 105 cm³/mol. The average molecular weight is 380 g/mol. The Labute approximate surface area is 163 Å². The molecule has 1 atom stereocenters. The lowest BCUT2D eigenvalue weighted by atomic mass is 9.86. The van der Waals surface area contributed by atoms with Crippen molar-refractivity contribution in [1.82, 2.24) is 15.1 Å². The van der Waals surface area contributed by atoms with Crippen molar-refractivity contribution in [2.75, 3.05) is 39.3 Å².